The summed E-state index contributed by atoms with van der Waals surface area (Å²) in [6, 6.07) is 4.67. The minimum Gasteiger partial charge on any atom is -0.385 e. The molecule has 1 heterocycles. The summed E-state index contributed by atoms with van der Waals surface area (Å²) in [6.45, 7) is 0.568. The summed E-state index contributed by atoms with van der Waals surface area (Å²) in [5.41, 5.74) is 1.69. The normalized spacial score (nSPS) is 22.3. The van der Waals surface area contributed by atoms with Crippen LogP contribution in [0.15, 0.2) is 23.2 Å². The van der Waals surface area contributed by atoms with Crippen LogP contribution in [0.25, 0.3) is 0 Å². The Kier molecular flexibility index (Phi) is 5.06. The molecule has 1 fully saturated rings. The third-order valence-electron chi connectivity index (χ3n) is 4.78. The Hall–Kier alpha value is -1.75. The van der Waals surface area contributed by atoms with Crippen molar-refractivity contribution in [3.8, 4) is 0 Å². The zero-order chi connectivity index (χ0) is 16.2. The molecule has 1 saturated carbocycles. The third kappa shape index (κ3) is 3.78. The molecule has 1 aliphatic carbocycles. The van der Waals surface area contributed by atoms with Gasteiger partial charge in [0, 0.05) is 31.7 Å². The van der Waals surface area contributed by atoms with Gasteiger partial charge in [-0.15, -0.1) is 0 Å². The summed E-state index contributed by atoms with van der Waals surface area (Å²) in [4.78, 5) is 16.6. The minimum atomic E-state index is -0.291. The molecule has 1 atom stereocenters. The van der Waals surface area contributed by atoms with Crippen LogP contribution < -0.4 is 5.32 Å². The standard InChI is InChI=1S/C18H23FN2O2/c1-23-9-8-15-14-7-6-13(19)11-16(14)20-18(15)21-17(22)10-12-4-2-3-5-12/h6-7,11-12,15H,2-5,8-10H2,1H3,(H,20,21,22). The Morgan fingerprint density at radius 1 is 1.39 bits per heavy atom. The number of amidine groups is 1. The van der Waals surface area contributed by atoms with Crippen LogP contribution in [0.3, 0.4) is 0 Å². The maximum atomic E-state index is 13.4. The van der Waals surface area contributed by atoms with E-state index in [0.717, 1.165) is 24.8 Å². The predicted octanol–water partition coefficient (Wildman–Crippen LogP) is 3.88. The summed E-state index contributed by atoms with van der Waals surface area (Å²) < 4.78 is 18.6. The number of nitrogens with one attached hydrogen (secondary N) is 1. The average molecular weight is 318 g/mol. The van der Waals surface area contributed by atoms with Gasteiger partial charge < -0.3 is 10.1 Å². The van der Waals surface area contributed by atoms with Gasteiger partial charge in [0.05, 0.1) is 0 Å². The molecule has 1 aliphatic heterocycles. The molecule has 1 unspecified atom stereocenters. The number of anilines is 1. The zero-order valence-electron chi connectivity index (χ0n) is 13.5. The van der Waals surface area contributed by atoms with Gasteiger partial charge in [-0.3, -0.25) is 4.79 Å². The van der Waals surface area contributed by atoms with Gasteiger partial charge in [0.15, 0.2) is 0 Å². The molecule has 2 aliphatic rings. The van der Waals surface area contributed by atoms with Gasteiger partial charge in [0.1, 0.15) is 11.7 Å². The number of carbonyl (C=O) groups excluding carboxylic acids is 1. The Bertz CT molecular complexity index is 609. The number of carbonyl (C=O) groups is 1. The summed E-state index contributed by atoms with van der Waals surface area (Å²) in [5.74, 6) is 0.713. The SMILES string of the molecule is COCCC1C(=NC(=O)CC2CCCC2)Nc2cc(F)ccc21. The van der Waals surface area contributed by atoms with Crippen LogP contribution in [-0.2, 0) is 9.53 Å². The first-order chi connectivity index (χ1) is 11.2. The second kappa shape index (κ2) is 7.21. The van der Waals surface area contributed by atoms with Crippen LogP contribution >= 0.6 is 0 Å². The Morgan fingerprint density at radius 3 is 2.91 bits per heavy atom. The van der Waals surface area contributed by atoms with Crippen molar-refractivity contribution in [3.63, 3.8) is 0 Å². The first-order valence-electron chi connectivity index (χ1n) is 8.34. The number of hydrogen-bond donors (Lipinski definition) is 1. The van der Waals surface area contributed by atoms with Gasteiger partial charge in [-0.25, -0.2) is 4.39 Å². The number of benzene rings is 1. The zero-order valence-corrected chi connectivity index (χ0v) is 13.5. The summed E-state index contributed by atoms with van der Waals surface area (Å²) in [6.07, 6.45) is 5.93. The van der Waals surface area contributed by atoms with Crippen LogP contribution in [0.4, 0.5) is 10.1 Å². The lowest BCUT2D eigenvalue weighted by Gasteiger charge is -2.11. The van der Waals surface area contributed by atoms with E-state index in [1.807, 2.05) is 0 Å². The highest BCUT2D eigenvalue weighted by atomic mass is 19.1. The summed E-state index contributed by atoms with van der Waals surface area (Å²) >= 11 is 0. The molecule has 0 spiro atoms. The van der Waals surface area contributed by atoms with Gasteiger partial charge in [0.2, 0.25) is 5.91 Å². The van der Waals surface area contributed by atoms with E-state index in [2.05, 4.69) is 10.3 Å². The molecule has 1 aromatic carbocycles. The van der Waals surface area contributed by atoms with Crippen LogP contribution in [-0.4, -0.2) is 25.5 Å². The van der Waals surface area contributed by atoms with Crippen molar-refractivity contribution in [2.45, 2.75) is 44.4 Å². The molecule has 3 rings (SSSR count). The second-order valence-electron chi connectivity index (χ2n) is 6.44. The molecule has 0 bridgehead atoms. The van der Waals surface area contributed by atoms with Crippen molar-refractivity contribution < 1.29 is 13.9 Å². The number of nitrogens with zero attached hydrogens (tertiary/aromatic N) is 1. The summed E-state index contributed by atoms with van der Waals surface area (Å²) in [7, 11) is 1.65. The average Bonchev–Trinajstić information content (AvgIpc) is 3.12. The van der Waals surface area contributed by atoms with Gasteiger partial charge in [-0.1, -0.05) is 18.9 Å². The minimum absolute atomic E-state index is 0.0296. The first-order valence-corrected chi connectivity index (χ1v) is 8.34. The van der Waals surface area contributed by atoms with E-state index in [0.29, 0.717) is 30.5 Å². The van der Waals surface area contributed by atoms with Crippen LogP contribution in [0.1, 0.15) is 50.0 Å². The second-order valence-corrected chi connectivity index (χ2v) is 6.44. The monoisotopic (exact) mass is 318 g/mol. The Morgan fingerprint density at radius 2 is 2.17 bits per heavy atom. The third-order valence-corrected chi connectivity index (χ3v) is 4.78. The molecular weight excluding hydrogens is 295 g/mol. The Labute approximate surface area is 136 Å². The van der Waals surface area contributed by atoms with Crippen molar-refractivity contribution >= 4 is 17.4 Å². The molecule has 23 heavy (non-hydrogen) atoms. The lowest BCUT2D eigenvalue weighted by Crippen LogP contribution is -2.17. The van der Waals surface area contributed by atoms with Crippen LogP contribution in [0.5, 0.6) is 0 Å². The van der Waals surface area contributed by atoms with Gasteiger partial charge in [0.25, 0.3) is 0 Å². The van der Waals surface area contributed by atoms with E-state index in [1.54, 1.807) is 13.2 Å². The topological polar surface area (TPSA) is 50.7 Å². The van der Waals surface area contributed by atoms with Crippen molar-refractivity contribution in [1.29, 1.82) is 0 Å². The van der Waals surface area contributed by atoms with Crippen molar-refractivity contribution in [2.75, 3.05) is 19.0 Å². The fraction of sp³-hybridized carbons (Fsp3) is 0.556. The molecule has 0 saturated heterocycles. The lowest BCUT2D eigenvalue weighted by molar-refractivity contribution is -0.118. The number of fused-ring (bicyclic) bond motifs is 1. The molecule has 0 aromatic heterocycles. The molecule has 0 radical (unpaired) electrons. The predicted molar refractivity (Wildman–Crippen MR) is 88.3 cm³/mol. The maximum Gasteiger partial charge on any atom is 0.247 e. The first kappa shape index (κ1) is 16.1. The number of ether oxygens (including phenoxy) is 1. The number of halogens is 1. The molecule has 124 valence electrons. The van der Waals surface area contributed by atoms with Crippen LogP contribution in [0.2, 0.25) is 0 Å². The van der Waals surface area contributed by atoms with Gasteiger partial charge >= 0.3 is 0 Å². The fourth-order valence-electron chi connectivity index (χ4n) is 3.59. The van der Waals surface area contributed by atoms with E-state index in [4.69, 9.17) is 4.74 Å². The molecule has 5 heteroatoms. The van der Waals surface area contributed by atoms with E-state index < -0.39 is 0 Å². The molecule has 1 amide bonds. The molecular formula is C18H23FN2O2. The van der Waals surface area contributed by atoms with Crippen molar-refractivity contribution in [2.24, 2.45) is 10.9 Å². The molecule has 1 N–H and O–H groups in total. The maximum absolute atomic E-state index is 13.4. The van der Waals surface area contributed by atoms with Gasteiger partial charge in [-0.2, -0.15) is 4.99 Å². The smallest absolute Gasteiger partial charge is 0.247 e. The quantitative estimate of drug-likeness (QED) is 0.896. The van der Waals surface area contributed by atoms with E-state index in [9.17, 15) is 9.18 Å². The number of hydrogen-bond acceptors (Lipinski definition) is 2. The van der Waals surface area contributed by atoms with E-state index in [1.165, 1.54) is 25.0 Å². The number of rotatable bonds is 5. The van der Waals surface area contributed by atoms with Crippen LogP contribution in [0, 0.1) is 11.7 Å². The highest BCUT2D eigenvalue weighted by Crippen LogP contribution is 2.36. The highest BCUT2D eigenvalue weighted by Gasteiger charge is 2.30. The van der Waals surface area contributed by atoms with Crippen molar-refractivity contribution in [3.05, 3.63) is 29.6 Å². The largest absolute Gasteiger partial charge is 0.385 e. The lowest BCUT2D eigenvalue weighted by atomic mass is 9.97. The van der Waals surface area contributed by atoms with Crippen molar-refractivity contribution in [1.82, 2.24) is 0 Å². The highest BCUT2D eigenvalue weighted by molar-refractivity contribution is 6.10. The number of aliphatic imine (C=N–C) groups is 1. The van der Waals surface area contributed by atoms with E-state index in [-0.39, 0.29) is 17.6 Å². The number of amides is 1. The molecule has 4 nitrogen and oxygen atoms in total. The number of methoxy groups -OCH3 is 1. The van der Waals surface area contributed by atoms with Gasteiger partial charge in [-0.05, 0) is 42.9 Å². The Balaban J connectivity index is 1.76. The fourth-order valence-corrected chi connectivity index (χ4v) is 3.59. The van der Waals surface area contributed by atoms with E-state index >= 15 is 0 Å². The summed E-state index contributed by atoms with van der Waals surface area (Å²) in [5, 5.41) is 3.12. The molecule has 1 aromatic rings.